The van der Waals surface area contributed by atoms with Crippen LogP contribution in [0.25, 0.3) is 11.1 Å². The van der Waals surface area contributed by atoms with Crippen molar-refractivity contribution in [2.45, 2.75) is 17.6 Å². The molecule has 0 unspecified atom stereocenters. The zero-order valence-electron chi connectivity index (χ0n) is 13.3. The fourth-order valence-electron chi connectivity index (χ4n) is 2.48. The van der Waals surface area contributed by atoms with Gasteiger partial charge in [-0.15, -0.1) is 11.3 Å². The van der Waals surface area contributed by atoms with Crippen molar-refractivity contribution in [1.29, 1.82) is 0 Å². The Hall–Kier alpha value is -2.16. The Morgan fingerprint density at radius 1 is 0.923 bits per heavy atom. The molecule has 1 N–H and O–H groups in total. The molecular weight excluding hydrogens is 383 g/mol. The van der Waals surface area contributed by atoms with E-state index in [1.165, 1.54) is 12.1 Å². The number of hydrogen-bond donors (Lipinski definition) is 1. The highest BCUT2D eigenvalue weighted by Gasteiger charge is 2.39. The third kappa shape index (κ3) is 3.98. The second-order valence-electron chi connectivity index (χ2n) is 5.48. The van der Waals surface area contributed by atoms with Gasteiger partial charge in [0.15, 0.2) is 0 Å². The van der Waals surface area contributed by atoms with Crippen LogP contribution in [0.5, 0.6) is 0 Å². The number of nitrogens with one attached hydrogen (secondary N) is 1. The molecule has 26 heavy (non-hydrogen) atoms. The Balaban J connectivity index is 2.03. The summed E-state index contributed by atoms with van der Waals surface area (Å²) in [6.07, 6.45) is -4.64. The Kier molecular flexibility index (Phi) is 5.17. The average molecular weight is 397 g/mol. The molecule has 0 aliphatic carbocycles. The van der Waals surface area contributed by atoms with Crippen molar-refractivity contribution >= 4 is 21.4 Å². The second kappa shape index (κ2) is 7.22. The van der Waals surface area contributed by atoms with Crippen molar-refractivity contribution in [3.8, 4) is 11.1 Å². The first-order valence-electron chi connectivity index (χ1n) is 7.57. The molecule has 0 amide bonds. The summed E-state index contributed by atoms with van der Waals surface area (Å²) in [7, 11) is -4.12. The van der Waals surface area contributed by atoms with Crippen molar-refractivity contribution in [3.63, 3.8) is 0 Å². The number of rotatable bonds is 5. The first-order valence-corrected chi connectivity index (χ1v) is 9.93. The maximum absolute atomic E-state index is 13.4. The van der Waals surface area contributed by atoms with E-state index in [0.717, 1.165) is 5.38 Å². The molecule has 136 valence electrons. The highest BCUT2D eigenvalue weighted by molar-refractivity contribution is 7.89. The van der Waals surface area contributed by atoms with Gasteiger partial charge in [-0.1, -0.05) is 60.7 Å². The van der Waals surface area contributed by atoms with E-state index in [4.69, 9.17) is 0 Å². The van der Waals surface area contributed by atoms with Gasteiger partial charge in [-0.3, -0.25) is 0 Å². The summed E-state index contributed by atoms with van der Waals surface area (Å²) in [5.74, 6) is 0. The lowest BCUT2D eigenvalue weighted by Gasteiger charge is -2.12. The van der Waals surface area contributed by atoms with Gasteiger partial charge in [0.25, 0.3) is 0 Å². The van der Waals surface area contributed by atoms with Crippen LogP contribution in [-0.2, 0) is 22.7 Å². The zero-order valence-corrected chi connectivity index (χ0v) is 15.0. The van der Waals surface area contributed by atoms with Crippen LogP contribution in [0.2, 0.25) is 0 Å². The summed E-state index contributed by atoms with van der Waals surface area (Å²) in [4.78, 5) is -1.29. The van der Waals surface area contributed by atoms with Crippen molar-refractivity contribution in [2.75, 3.05) is 0 Å². The van der Waals surface area contributed by atoms with E-state index in [0.29, 0.717) is 16.9 Å². The minimum atomic E-state index is -4.64. The maximum atomic E-state index is 13.4. The number of sulfonamides is 1. The van der Waals surface area contributed by atoms with Crippen LogP contribution in [-0.4, -0.2) is 8.42 Å². The predicted molar refractivity (Wildman–Crippen MR) is 95.2 cm³/mol. The minimum Gasteiger partial charge on any atom is -0.207 e. The van der Waals surface area contributed by atoms with Crippen LogP contribution < -0.4 is 4.72 Å². The average Bonchev–Trinajstić information content (AvgIpc) is 3.08. The van der Waals surface area contributed by atoms with Crippen molar-refractivity contribution in [1.82, 2.24) is 4.72 Å². The Labute approximate surface area is 153 Å². The monoisotopic (exact) mass is 397 g/mol. The lowest BCUT2D eigenvalue weighted by Crippen LogP contribution is -2.23. The molecule has 0 spiro atoms. The molecule has 8 heteroatoms. The van der Waals surface area contributed by atoms with Crippen LogP contribution in [0.15, 0.2) is 70.9 Å². The molecule has 0 aliphatic heterocycles. The second-order valence-corrected chi connectivity index (χ2v) is 8.09. The summed E-state index contributed by atoms with van der Waals surface area (Å²) in [5.41, 5.74) is 0.605. The standard InChI is InChI=1S/C18H14F3NO2S2/c19-18(20,21)17-16(14-9-5-2-6-10-14)15(12-25-17)26(23,24)22-11-13-7-3-1-4-8-13/h1-10,12,22H,11H2. The molecular formula is C18H14F3NO2S2. The molecule has 0 aliphatic rings. The number of hydrogen-bond acceptors (Lipinski definition) is 3. The largest absolute Gasteiger partial charge is 0.426 e. The molecule has 0 atom stereocenters. The Morgan fingerprint density at radius 2 is 1.50 bits per heavy atom. The molecule has 0 radical (unpaired) electrons. The van der Waals surface area contributed by atoms with E-state index in [1.807, 2.05) is 0 Å². The molecule has 1 aromatic heterocycles. The SMILES string of the molecule is O=S(=O)(NCc1ccccc1)c1csc(C(F)(F)F)c1-c1ccccc1. The van der Waals surface area contributed by atoms with Gasteiger partial charge in [-0.05, 0) is 11.1 Å². The summed E-state index contributed by atoms with van der Waals surface area (Å²) >= 11 is 0.382. The molecule has 3 aromatic rings. The molecule has 0 saturated heterocycles. The quantitative estimate of drug-likeness (QED) is 0.665. The third-order valence-electron chi connectivity index (χ3n) is 3.68. The molecule has 0 fully saturated rings. The van der Waals surface area contributed by atoms with Gasteiger partial charge in [0.05, 0.1) is 0 Å². The fourth-order valence-corrected chi connectivity index (χ4v) is 5.02. The summed E-state index contributed by atoms with van der Waals surface area (Å²) in [6, 6.07) is 16.5. The number of benzene rings is 2. The highest BCUT2D eigenvalue weighted by atomic mass is 32.2. The van der Waals surface area contributed by atoms with Crippen LogP contribution in [0.4, 0.5) is 13.2 Å². The predicted octanol–water partition coefficient (Wildman–Crippen LogP) is 4.91. The molecule has 1 heterocycles. The van der Waals surface area contributed by atoms with Crippen LogP contribution in [0, 0.1) is 0 Å². The van der Waals surface area contributed by atoms with Gasteiger partial charge in [-0.2, -0.15) is 13.2 Å². The minimum absolute atomic E-state index is 0.00536. The highest BCUT2D eigenvalue weighted by Crippen LogP contribution is 2.44. The van der Waals surface area contributed by atoms with Gasteiger partial charge in [-0.25, -0.2) is 13.1 Å². The molecule has 2 aromatic carbocycles. The van der Waals surface area contributed by atoms with Crippen molar-refractivity contribution in [3.05, 3.63) is 76.5 Å². The van der Waals surface area contributed by atoms with E-state index < -0.39 is 21.1 Å². The summed E-state index contributed by atoms with van der Waals surface area (Å²) in [6.45, 7) is -0.00536. The topological polar surface area (TPSA) is 46.2 Å². The molecule has 3 nitrogen and oxygen atoms in total. The van der Waals surface area contributed by atoms with Crippen LogP contribution >= 0.6 is 11.3 Å². The van der Waals surface area contributed by atoms with Crippen molar-refractivity contribution in [2.24, 2.45) is 0 Å². The van der Waals surface area contributed by atoms with Gasteiger partial charge >= 0.3 is 6.18 Å². The number of halogens is 3. The maximum Gasteiger partial charge on any atom is 0.426 e. The fraction of sp³-hybridized carbons (Fsp3) is 0.111. The first-order chi connectivity index (χ1) is 12.3. The summed E-state index contributed by atoms with van der Waals surface area (Å²) in [5, 5.41) is 1.04. The number of thiophene rings is 1. The normalized spacial score (nSPS) is 12.3. The van der Waals surface area contributed by atoms with Crippen LogP contribution in [0.3, 0.4) is 0 Å². The van der Waals surface area contributed by atoms with E-state index in [9.17, 15) is 21.6 Å². The van der Waals surface area contributed by atoms with Gasteiger partial charge in [0.1, 0.15) is 9.77 Å². The van der Waals surface area contributed by atoms with Gasteiger partial charge < -0.3 is 0 Å². The van der Waals surface area contributed by atoms with Gasteiger partial charge in [0, 0.05) is 17.5 Å². The molecule has 3 rings (SSSR count). The first kappa shape index (κ1) is 18.6. The van der Waals surface area contributed by atoms with Crippen LogP contribution in [0.1, 0.15) is 10.4 Å². The van der Waals surface area contributed by atoms with E-state index >= 15 is 0 Å². The number of alkyl halides is 3. The van der Waals surface area contributed by atoms with E-state index in [2.05, 4.69) is 4.72 Å². The Morgan fingerprint density at radius 3 is 2.08 bits per heavy atom. The van der Waals surface area contributed by atoms with Gasteiger partial charge in [0.2, 0.25) is 10.0 Å². The summed E-state index contributed by atoms with van der Waals surface area (Å²) < 4.78 is 67.9. The molecule has 0 bridgehead atoms. The third-order valence-corrected chi connectivity index (χ3v) is 6.28. The smallest absolute Gasteiger partial charge is 0.207 e. The van der Waals surface area contributed by atoms with E-state index in [-0.39, 0.29) is 22.6 Å². The Bertz CT molecular complexity index is 982. The van der Waals surface area contributed by atoms with E-state index in [1.54, 1.807) is 48.5 Å². The lowest BCUT2D eigenvalue weighted by atomic mass is 10.1. The zero-order chi connectivity index (χ0) is 18.8. The lowest BCUT2D eigenvalue weighted by molar-refractivity contribution is -0.133. The van der Waals surface area contributed by atoms with Crippen molar-refractivity contribution < 1.29 is 21.6 Å². The molecule has 0 saturated carbocycles.